The Morgan fingerprint density at radius 2 is 2.43 bits per heavy atom. The van der Waals surface area contributed by atoms with E-state index in [1.807, 2.05) is 6.92 Å². The van der Waals surface area contributed by atoms with Crippen LogP contribution in [0, 0.1) is 6.92 Å². The van der Waals surface area contributed by atoms with Crippen LogP contribution in [0.25, 0.3) is 0 Å². The zero-order valence-corrected chi connectivity index (χ0v) is 4.65. The van der Waals surface area contributed by atoms with E-state index >= 15 is 0 Å². The van der Waals surface area contributed by atoms with Gasteiger partial charge in [0.1, 0.15) is 0 Å². The average Bonchev–Trinajstić information content (AvgIpc) is 1.61. The second kappa shape index (κ2) is 4.09. The normalized spacial score (nSPS) is 10.3. The number of nitrogens with one attached hydrogen (secondary N) is 1. The van der Waals surface area contributed by atoms with Gasteiger partial charge in [-0.3, -0.25) is 0 Å². The van der Waals surface area contributed by atoms with Gasteiger partial charge < -0.3 is 10.4 Å². The molecular formula is C5H12NO. The fourth-order valence-electron chi connectivity index (χ4n) is 0.311. The fraction of sp³-hybridized carbons (Fsp3) is 0.800. The number of aliphatic hydroxyl groups excluding tert-OH is 1. The minimum atomic E-state index is 0.194. The smallest absolute Gasteiger partial charge is 0.0556 e. The van der Waals surface area contributed by atoms with Crippen molar-refractivity contribution in [3.05, 3.63) is 6.92 Å². The molecule has 2 nitrogen and oxygen atoms in total. The molecule has 0 spiro atoms. The molecule has 2 N–H and O–H groups in total. The molecule has 0 saturated heterocycles. The van der Waals surface area contributed by atoms with Crippen LogP contribution in [0.3, 0.4) is 0 Å². The van der Waals surface area contributed by atoms with Crippen molar-refractivity contribution in [2.75, 3.05) is 13.2 Å². The molecular weight excluding hydrogens is 90.1 g/mol. The highest BCUT2D eigenvalue weighted by Gasteiger charge is 1.86. The Bertz CT molecular complexity index is 37.1. The molecule has 0 aliphatic rings. The summed E-state index contributed by atoms with van der Waals surface area (Å²) in [4.78, 5) is 0. The SMILES string of the molecule is [CH2]C(C)NCCO. The van der Waals surface area contributed by atoms with Crippen LogP contribution in [-0.2, 0) is 0 Å². The highest BCUT2D eigenvalue weighted by atomic mass is 16.3. The topological polar surface area (TPSA) is 32.3 Å². The van der Waals surface area contributed by atoms with Gasteiger partial charge in [0.2, 0.25) is 0 Å². The molecule has 0 heterocycles. The van der Waals surface area contributed by atoms with Gasteiger partial charge in [-0.15, -0.1) is 0 Å². The van der Waals surface area contributed by atoms with Gasteiger partial charge in [-0.05, 0) is 13.8 Å². The zero-order chi connectivity index (χ0) is 5.70. The van der Waals surface area contributed by atoms with Gasteiger partial charge in [-0.25, -0.2) is 0 Å². The van der Waals surface area contributed by atoms with Crippen molar-refractivity contribution in [2.24, 2.45) is 0 Å². The maximum Gasteiger partial charge on any atom is 0.0556 e. The van der Waals surface area contributed by atoms with Crippen LogP contribution in [0.2, 0.25) is 0 Å². The van der Waals surface area contributed by atoms with E-state index in [-0.39, 0.29) is 12.6 Å². The molecule has 0 fully saturated rings. The van der Waals surface area contributed by atoms with Crippen LogP contribution in [0.5, 0.6) is 0 Å². The summed E-state index contributed by atoms with van der Waals surface area (Å²) in [6.45, 7) is 6.43. The fourth-order valence-corrected chi connectivity index (χ4v) is 0.311. The van der Waals surface area contributed by atoms with Crippen molar-refractivity contribution in [1.29, 1.82) is 0 Å². The predicted molar refractivity (Wildman–Crippen MR) is 29.9 cm³/mol. The van der Waals surface area contributed by atoms with Gasteiger partial charge >= 0.3 is 0 Å². The highest BCUT2D eigenvalue weighted by Crippen LogP contribution is 1.70. The molecule has 0 saturated carbocycles. The van der Waals surface area contributed by atoms with Crippen LogP contribution < -0.4 is 5.32 Å². The highest BCUT2D eigenvalue weighted by molar-refractivity contribution is 4.59. The molecule has 0 aliphatic heterocycles. The third kappa shape index (κ3) is 5.92. The number of rotatable bonds is 3. The van der Waals surface area contributed by atoms with Crippen LogP contribution >= 0.6 is 0 Å². The van der Waals surface area contributed by atoms with Gasteiger partial charge in [0, 0.05) is 12.6 Å². The van der Waals surface area contributed by atoms with E-state index in [9.17, 15) is 0 Å². The maximum atomic E-state index is 8.22. The number of aliphatic hydroxyl groups is 1. The lowest BCUT2D eigenvalue weighted by Gasteiger charge is -2.02. The average molecular weight is 102 g/mol. The van der Waals surface area contributed by atoms with Gasteiger partial charge in [0.05, 0.1) is 6.61 Å². The van der Waals surface area contributed by atoms with E-state index < -0.39 is 0 Å². The maximum absolute atomic E-state index is 8.22. The van der Waals surface area contributed by atoms with Crippen LogP contribution in [0.4, 0.5) is 0 Å². The molecule has 2 heteroatoms. The molecule has 0 bridgehead atoms. The largest absolute Gasteiger partial charge is 0.395 e. The second-order valence-corrected chi connectivity index (χ2v) is 1.58. The van der Waals surface area contributed by atoms with Crippen LogP contribution in [0.15, 0.2) is 0 Å². The van der Waals surface area contributed by atoms with Crippen molar-refractivity contribution in [3.8, 4) is 0 Å². The second-order valence-electron chi connectivity index (χ2n) is 1.58. The van der Waals surface area contributed by atoms with E-state index in [1.165, 1.54) is 0 Å². The molecule has 0 rings (SSSR count). The first-order valence-electron chi connectivity index (χ1n) is 2.44. The molecule has 1 unspecified atom stereocenters. The molecule has 0 aromatic heterocycles. The minimum absolute atomic E-state index is 0.194. The van der Waals surface area contributed by atoms with Crippen molar-refractivity contribution < 1.29 is 5.11 Å². The van der Waals surface area contributed by atoms with Crippen molar-refractivity contribution >= 4 is 0 Å². The lowest BCUT2D eigenvalue weighted by molar-refractivity contribution is 0.289. The molecule has 0 aliphatic carbocycles. The van der Waals surface area contributed by atoms with Crippen molar-refractivity contribution in [2.45, 2.75) is 13.0 Å². The van der Waals surface area contributed by atoms with E-state index in [2.05, 4.69) is 12.2 Å². The molecule has 43 valence electrons. The van der Waals surface area contributed by atoms with E-state index in [1.54, 1.807) is 0 Å². The summed E-state index contributed by atoms with van der Waals surface area (Å²) in [5, 5.41) is 11.2. The van der Waals surface area contributed by atoms with Crippen molar-refractivity contribution in [3.63, 3.8) is 0 Å². The first kappa shape index (κ1) is 6.92. The lowest BCUT2D eigenvalue weighted by atomic mass is 10.4. The predicted octanol–water partition coefficient (Wildman–Crippen LogP) is -0.209. The summed E-state index contributed by atoms with van der Waals surface area (Å²) in [7, 11) is 0. The number of hydrogen-bond acceptors (Lipinski definition) is 2. The molecule has 0 amide bonds. The van der Waals surface area contributed by atoms with E-state index in [0.29, 0.717) is 6.54 Å². The summed E-state index contributed by atoms with van der Waals surface area (Å²) in [5.41, 5.74) is 0. The minimum Gasteiger partial charge on any atom is -0.395 e. The molecule has 1 radical (unpaired) electrons. The van der Waals surface area contributed by atoms with Gasteiger partial charge in [0.25, 0.3) is 0 Å². The summed E-state index contributed by atoms with van der Waals surface area (Å²) in [6, 6.07) is 0.243. The first-order chi connectivity index (χ1) is 3.27. The van der Waals surface area contributed by atoms with Gasteiger partial charge in [0.15, 0.2) is 0 Å². The van der Waals surface area contributed by atoms with Gasteiger partial charge in [-0.1, -0.05) is 0 Å². The summed E-state index contributed by atoms with van der Waals surface area (Å²) < 4.78 is 0. The van der Waals surface area contributed by atoms with Gasteiger partial charge in [-0.2, -0.15) is 0 Å². The first-order valence-corrected chi connectivity index (χ1v) is 2.44. The van der Waals surface area contributed by atoms with Crippen molar-refractivity contribution in [1.82, 2.24) is 5.32 Å². The molecule has 1 atom stereocenters. The lowest BCUT2D eigenvalue weighted by Crippen LogP contribution is -2.25. The Hall–Kier alpha value is -0.0800. The number of hydrogen-bond donors (Lipinski definition) is 2. The standard InChI is InChI=1S/C5H12NO/c1-5(2)6-3-4-7/h5-7H,1,3-4H2,2H3. The Kier molecular flexibility index (Phi) is 4.04. The zero-order valence-electron chi connectivity index (χ0n) is 4.65. The molecule has 0 aromatic carbocycles. The Labute approximate surface area is 44.5 Å². The molecule has 7 heavy (non-hydrogen) atoms. The third-order valence-electron chi connectivity index (χ3n) is 0.605. The Balaban J connectivity index is 2.68. The summed E-state index contributed by atoms with van der Waals surface area (Å²) in [6.07, 6.45) is 0. The Morgan fingerprint density at radius 3 is 2.57 bits per heavy atom. The third-order valence-corrected chi connectivity index (χ3v) is 0.605. The summed E-state index contributed by atoms with van der Waals surface area (Å²) in [5.74, 6) is 0. The van der Waals surface area contributed by atoms with E-state index in [0.717, 1.165) is 0 Å². The Morgan fingerprint density at radius 1 is 1.86 bits per heavy atom. The molecule has 0 aromatic rings. The summed E-state index contributed by atoms with van der Waals surface area (Å²) >= 11 is 0. The monoisotopic (exact) mass is 102 g/mol. The van der Waals surface area contributed by atoms with Crippen LogP contribution in [0.1, 0.15) is 6.92 Å². The van der Waals surface area contributed by atoms with E-state index in [4.69, 9.17) is 5.11 Å². The quantitative estimate of drug-likeness (QED) is 0.517. The van der Waals surface area contributed by atoms with Crippen LogP contribution in [-0.4, -0.2) is 24.3 Å².